The van der Waals surface area contributed by atoms with Crippen LogP contribution in [0.1, 0.15) is 5.82 Å². The van der Waals surface area contributed by atoms with Crippen molar-refractivity contribution in [3.8, 4) is 0 Å². The Kier molecular flexibility index (Phi) is 3.60. The second-order valence-electron chi connectivity index (χ2n) is 3.34. The molecule has 0 fully saturated rings. The van der Waals surface area contributed by atoms with E-state index in [1.165, 1.54) is 6.33 Å². The molecule has 0 radical (unpaired) electrons. The van der Waals surface area contributed by atoms with Gasteiger partial charge in [-0.3, -0.25) is 5.10 Å². The first-order valence-corrected chi connectivity index (χ1v) is 5.97. The topological polar surface area (TPSA) is 79.6 Å². The van der Waals surface area contributed by atoms with Crippen molar-refractivity contribution in [2.45, 2.75) is 6.42 Å². The summed E-state index contributed by atoms with van der Waals surface area (Å²) in [6.45, 7) is 0.778. The minimum atomic E-state index is 0.768. The van der Waals surface area contributed by atoms with Crippen LogP contribution < -0.4 is 11.1 Å². The average Bonchev–Trinajstić information content (AvgIpc) is 2.74. The molecule has 84 valence electrons. The molecule has 0 aliphatic rings. The highest BCUT2D eigenvalue weighted by Crippen LogP contribution is 2.20. The van der Waals surface area contributed by atoms with Crippen LogP contribution in [0.25, 0.3) is 0 Å². The second-order valence-corrected chi connectivity index (χ2v) is 4.59. The minimum Gasteiger partial charge on any atom is -0.397 e. The largest absolute Gasteiger partial charge is 0.397 e. The van der Waals surface area contributed by atoms with Crippen LogP contribution in [-0.2, 0) is 6.42 Å². The third-order valence-corrected chi connectivity index (χ3v) is 2.83. The maximum absolute atomic E-state index is 5.88. The van der Waals surface area contributed by atoms with Gasteiger partial charge in [-0.2, -0.15) is 5.10 Å². The lowest BCUT2D eigenvalue weighted by Crippen LogP contribution is -2.07. The van der Waals surface area contributed by atoms with E-state index in [1.54, 1.807) is 0 Å². The average molecular weight is 329 g/mol. The van der Waals surface area contributed by atoms with Crippen LogP contribution in [-0.4, -0.2) is 21.7 Å². The Morgan fingerprint density at radius 1 is 1.44 bits per heavy atom. The molecule has 0 spiro atoms. The van der Waals surface area contributed by atoms with E-state index in [-0.39, 0.29) is 0 Å². The van der Waals surface area contributed by atoms with Gasteiger partial charge in [-0.1, -0.05) is 0 Å². The molecule has 16 heavy (non-hydrogen) atoms. The number of hydrogen-bond donors (Lipinski definition) is 3. The third kappa shape index (κ3) is 2.84. The van der Waals surface area contributed by atoms with Crippen LogP contribution in [0.4, 0.5) is 11.4 Å². The van der Waals surface area contributed by atoms with Crippen LogP contribution in [0.5, 0.6) is 0 Å². The Morgan fingerprint density at radius 2 is 2.31 bits per heavy atom. The summed E-state index contributed by atoms with van der Waals surface area (Å²) in [5.74, 6) is 0.872. The molecule has 0 unspecified atom stereocenters. The lowest BCUT2D eigenvalue weighted by atomic mass is 10.2. The summed E-state index contributed by atoms with van der Waals surface area (Å²) in [4.78, 5) is 4.04. The number of nitrogens with zero attached hydrogens (tertiary/aromatic N) is 2. The van der Waals surface area contributed by atoms with Gasteiger partial charge < -0.3 is 11.1 Å². The zero-order valence-corrected chi connectivity index (χ0v) is 10.7. The summed E-state index contributed by atoms with van der Waals surface area (Å²) < 4.78 is 1.14. The molecule has 1 aromatic heterocycles. The molecule has 0 aliphatic carbocycles. The zero-order chi connectivity index (χ0) is 11.4. The summed E-state index contributed by atoms with van der Waals surface area (Å²) in [6.07, 6.45) is 2.31. The predicted octanol–water partition coefficient (Wildman–Crippen LogP) is 1.65. The molecule has 0 aliphatic heterocycles. The molecule has 2 aromatic rings. The predicted molar refractivity (Wildman–Crippen MR) is 72.1 cm³/mol. The molecule has 0 atom stereocenters. The molecule has 2 rings (SSSR count). The number of nitrogens with one attached hydrogen (secondary N) is 2. The van der Waals surface area contributed by atoms with Crippen molar-refractivity contribution in [1.29, 1.82) is 0 Å². The lowest BCUT2D eigenvalue weighted by molar-refractivity contribution is 0.901. The maximum atomic E-state index is 5.88. The summed E-state index contributed by atoms with van der Waals surface area (Å²) >= 11 is 2.24. The number of H-pyrrole nitrogens is 1. The van der Waals surface area contributed by atoms with E-state index in [0.717, 1.165) is 33.7 Å². The van der Waals surface area contributed by atoms with Crippen molar-refractivity contribution >= 4 is 34.0 Å². The Balaban J connectivity index is 1.90. The molecular weight excluding hydrogens is 317 g/mol. The Morgan fingerprint density at radius 3 is 3.00 bits per heavy atom. The normalized spacial score (nSPS) is 10.3. The van der Waals surface area contributed by atoms with Gasteiger partial charge in [-0.05, 0) is 40.8 Å². The minimum absolute atomic E-state index is 0.768. The van der Waals surface area contributed by atoms with Crippen molar-refractivity contribution in [1.82, 2.24) is 15.2 Å². The van der Waals surface area contributed by atoms with Gasteiger partial charge in [0.25, 0.3) is 0 Å². The number of halogens is 1. The van der Waals surface area contributed by atoms with E-state index >= 15 is 0 Å². The quantitative estimate of drug-likeness (QED) is 0.589. The highest BCUT2D eigenvalue weighted by Gasteiger charge is 2.00. The number of anilines is 2. The fourth-order valence-corrected chi connectivity index (χ4v) is 1.88. The lowest BCUT2D eigenvalue weighted by Gasteiger charge is -2.08. The number of nitrogens with two attached hydrogens (primary N) is 1. The molecule has 0 saturated carbocycles. The first kappa shape index (κ1) is 11.2. The molecule has 0 amide bonds. The molecular formula is C10H12IN5. The Hall–Kier alpha value is -1.31. The molecule has 4 N–H and O–H groups in total. The van der Waals surface area contributed by atoms with Crippen molar-refractivity contribution in [2.75, 3.05) is 17.6 Å². The molecule has 1 aromatic carbocycles. The number of nitrogen functional groups attached to an aromatic ring is 1. The van der Waals surface area contributed by atoms with Gasteiger partial charge in [-0.25, -0.2) is 4.98 Å². The van der Waals surface area contributed by atoms with E-state index in [9.17, 15) is 0 Å². The number of rotatable bonds is 4. The van der Waals surface area contributed by atoms with Gasteiger partial charge in [0, 0.05) is 16.5 Å². The first-order valence-electron chi connectivity index (χ1n) is 4.89. The molecule has 0 saturated heterocycles. The van der Waals surface area contributed by atoms with Gasteiger partial charge in [-0.15, -0.1) is 0 Å². The van der Waals surface area contributed by atoms with Gasteiger partial charge in [0.15, 0.2) is 0 Å². The van der Waals surface area contributed by atoms with E-state index < -0.39 is 0 Å². The van der Waals surface area contributed by atoms with Crippen LogP contribution in [0.2, 0.25) is 0 Å². The van der Waals surface area contributed by atoms with Gasteiger partial charge in [0.1, 0.15) is 12.2 Å². The van der Waals surface area contributed by atoms with Crippen LogP contribution in [0, 0.1) is 3.57 Å². The number of hydrogen-bond acceptors (Lipinski definition) is 4. The highest BCUT2D eigenvalue weighted by atomic mass is 127. The van der Waals surface area contributed by atoms with Crippen molar-refractivity contribution in [3.63, 3.8) is 0 Å². The zero-order valence-electron chi connectivity index (χ0n) is 8.57. The number of aromatic amines is 1. The number of aromatic nitrogens is 3. The second kappa shape index (κ2) is 5.15. The molecule has 0 bridgehead atoms. The van der Waals surface area contributed by atoms with E-state index in [4.69, 9.17) is 5.73 Å². The van der Waals surface area contributed by atoms with Gasteiger partial charge in [0.2, 0.25) is 0 Å². The van der Waals surface area contributed by atoms with E-state index in [2.05, 4.69) is 43.1 Å². The Bertz CT molecular complexity index is 454. The summed E-state index contributed by atoms with van der Waals surface area (Å²) in [5.41, 5.74) is 7.60. The smallest absolute Gasteiger partial charge is 0.137 e. The van der Waals surface area contributed by atoms with Crippen LogP contribution in [0.15, 0.2) is 24.5 Å². The summed E-state index contributed by atoms with van der Waals surface area (Å²) in [7, 11) is 0. The molecule has 6 heteroatoms. The van der Waals surface area contributed by atoms with E-state index in [1.807, 2.05) is 18.2 Å². The SMILES string of the molecule is Nc1cc(I)ccc1NCCc1ncn[nH]1. The van der Waals surface area contributed by atoms with Crippen molar-refractivity contribution in [2.24, 2.45) is 0 Å². The standard InChI is InChI=1S/C10H12IN5/c11-7-1-2-9(8(12)5-7)13-4-3-10-14-6-15-16-10/h1-2,5-6,13H,3-4,12H2,(H,14,15,16). The van der Waals surface area contributed by atoms with Crippen LogP contribution >= 0.6 is 22.6 Å². The third-order valence-electron chi connectivity index (χ3n) is 2.16. The molecule has 1 heterocycles. The monoisotopic (exact) mass is 329 g/mol. The number of benzene rings is 1. The van der Waals surface area contributed by atoms with Gasteiger partial charge in [0.05, 0.1) is 11.4 Å². The molecule has 5 nitrogen and oxygen atoms in total. The fourth-order valence-electron chi connectivity index (χ4n) is 1.36. The maximum Gasteiger partial charge on any atom is 0.137 e. The fraction of sp³-hybridized carbons (Fsp3) is 0.200. The Labute approximate surface area is 107 Å². The van der Waals surface area contributed by atoms with E-state index in [0.29, 0.717) is 0 Å². The summed E-state index contributed by atoms with van der Waals surface area (Å²) in [5, 5.41) is 9.86. The van der Waals surface area contributed by atoms with Crippen LogP contribution in [0.3, 0.4) is 0 Å². The highest BCUT2D eigenvalue weighted by molar-refractivity contribution is 14.1. The van der Waals surface area contributed by atoms with Crippen molar-refractivity contribution < 1.29 is 0 Å². The summed E-state index contributed by atoms with van der Waals surface area (Å²) in [6, 6.07) is 5.95. The first-order chi connectivity index (χ1) is 7.75. The van der Waals surface area contributed by atoms with Crippen molar-refractivity contribution in [3.05, 3.63) is 33.9 Å². The van der Waals surface area contributed by atoms with Gasteiger partial charge >= 0.3 is 0 Å².